The van der Waals surface area contributed by atoms with Crippen molar-refractivity contribution in [2.75, 3.05) is 18.4 Å². The fourth-order valence-electron chi connectivity index (χ4n) is 3.79. The number of aryl methyl sites for hydroxylation is 2. The van der Waals surface area contributed by atoms with Crippen LogP contribution in [0, 0.1) is 12.8 Å². The fourth-order valence-corrected chi connectivity index (χ4v) is 5.28. The Morgan fingerprint density at radius 2 is 2.00 bits per heavy atom. The number of benzene rings is 1. The number of anilines is 1. The second-order valence-electron chi connectivity index (χ2n) is 8.18. The van der Waals surface area contributed by atoms with Crippen molar-refractivity contribution in [1.29, 1.82) is 0 Å². The van der Waals surface area contributed by atoms with Crippen molar-refractivity contribution in [1.82, 2.24) is 13.9 Å². The lowest BCUT2D eigenvalue weighted by atomic mass is 9.97. The Morgan fingerprint density at radius 1 is 1.21 bits per heavy atom. The zero-order valence-electron chi connectivity index (χ0n) is 18.7. The highest BCUT2D eigenvalue weighted by Crippen LogP contribution is 2.25. The average Bonchev–Trinajstić information content (AvgIpc) is 3.44. The molecule has 176 valence electrons. The summed E-state index contributed by atoms with van der Waals surface area (Å²) in [5.41, 5.74) is 1.63. The van der Waals surface area contributed by atoms with E-state index in [2.05, 4.69) is 10.3 Å². The van der Waals surface area contributed by atoms with Gasteiger partial charge in [-0.25, -0.2) is 13.4 Å². The van der Waals surface area contributed by atoms with Crippen LogP contribution in [0.3, 0.4) is 0 Å². The molecular weight excluding hydrogens is 444 g/mol. The second-order valence-corrected chi connectivity index (χ2v) is 10.1. The lowest BCUT2D eigenvalue weighted by molar-refractivity contribution is -0.120. The Morgan fingerprint density at radius 3 is 2.67 bits per heavy atom. The number of rotatable bonds is 8. The van der Waals surface area contributed by atoms with Gasteiger partial charge in [0.2, 0.25) is 5.91 Å². The van der Waals surface area contributed by atoms with Crippen molar-refractivity contribution in [2.24, 2.45) is 13.0 Å². The van der Waals surface area contributed by atoms with Gasteiger partial charge in [0.1, 0.15) is 18.2 Å². The number of hydrogen-bond donors (Lipinski definition) is 1. The molecule has 0 atom stereocenters. The maximum atomic E-state index is 12.9. The van der Waals surface area contributed by atoms with E-state index < -0.39 is 10.0 Å². The second kappa shape index (κ2) is 9.90. The van der Waals surface area contributed by atoms with E-state index in [0.29, 0.717) is 37.6 Å². The Balaban J connectivity index is 1.29. The smallest absolute Gasteiger partial charge is 0.262 e. The number of carbonyl (C=O) groups is 1. The normalized spacial score (nSPS) is 15.6. The molecule has 1 aliphatic heterocycles. The first-order chi connectivity index (χ1) is 15.8. The van der Waals surface area contributed by atoms with E-state index in [4.69, 9.17) is 9.15 Å². The molecule has 1 amide bonds. The molecule has 0 spiro atoms. The Labute approximate surface area is 193 Å². The van der Waals surface area contributed by atoms with E-state index >= 15 is 0 Å². The van der Waals surface area contributed by atoms with E-state index in [0.717, 1.165) is 11.3 Å². The van der Waals surface area contributed by atoms with Crippen LogP contribution in [0.15, 0.2) is 58.3 Å². The van der Waals surface area contributed by atoms with Gasteiger partial charge in [0, 0.05) is 37.9 Å². The van der Waals surface area contributed by atoms with Crippen LogP contribution in [0.4, 0.5) is 5.69 Å². The molecule has 9 nitrogen and oxygen atoms in total. The number of imidazole rings is 1. The van der Waals surface area contributed by atoms with Gasteiger partial charge in [-0.2, -0.15) is 4.31 Å². The number of sulfonamides is 1. The standard InChI is InChI=1S/C23H28N4O5S/c1-17-24-22(14-26(17)2)33(29,30)27-10-8-19(9-11-27)23(28)25-20-6-3-5-18(13-20)15-31-16-21-7-4-12-32-21/h3-7,12-14,19H,8-11,15-16H2,1-2H3,(H,25,28). The first kappa shape index (κ1) is 23.2. The Kier molecular flexibility index (Phi) is 6.96. The molecular formula is C23H28N4O5S. The highest BCUT2D eigenvalue weighted by molar-refractivity contribution is 7.89. The van der Waals surface area contributed by atoms with Gasteiger partial charge in [-0.1, -0.05) is 12.1 Å². The summed E-state index contributed by atoms with van der Waals surface area (Å²) in [6, 6.07) is 11.2. The summed E-state index contributed by atoms with van der Waals surface area (Å²) in [6.07, 6.45) is 4.05. The van der Waals surface area contributed by atoms with Crippen LogP contribution in [0.5, 0.6) is 0 Å². The van der Waals surface area contributed by atoms with Crippen LogP contribution in [0.1, 0.15) is 30.0 Å². The average molecular weight is 473 g/mol. The lowest BCUT2D eigenvalue weighted by Crippen LogP contribution is -2.41. The number of carbonyl (C=O) groups excluding carboxylic acids is 1. The Bertz CT molecular complexity index is 1180. The topological polar surface area (TPSA) is 107 Å². The number of piperidine rings is 1. The van der Waals surface area contributed by atoms with Crippen molar-refractivity contribution < 1.29 is 22.4 Å². The third kappa shape index (κ3) is 5.52. The van der Waals surface area contributed by atoms with Gasteiger partial charge in [-0.05, 0) is 49.6 Å². The van der Waals surface area contributed by atoms with Crippen molar-refractivity contribution in [2.45, 2.75) is 38.0 Å². The number of furan rings is 1. The van der Waals surface area contributed by atoms with E-state index in [1.807, 2.05) is 36.4 Å². The zero-order valence-corrected chi connectivity index (χ0v) is 19.5. The molecule has 1 N–H and O–H groups in total. The summed E-state index contributed by atoms with van der Waals surface area (Å²) >= 11 is 0. The third-order valence-corrected chi connectivity index (χ3v) is 7.57. The molecule has 33 heavy (non-hydrogen) atoms. The maximum absolute atomic E-state index is 12.9. The molecule has 0 bridgehead atoms. The number of aromatic nitrogens is 2. The SMILES string of the molecule is Cc1nc(S(=O)(=O)N2CCC(C(=O)Nc3cccc(COCc4ccco4)c3)CC2)cn1C. The molecule has 1 aromatic carbocycles. The summed E-state index contributed by atoms with van der Waals surface area (Å²) in [5.74, 6) is 1.04. The number of amides is 1. The molecule has 0 aliphatic carbocycles. The van der Waals surface area contributed by atoms with Gasteiger partial charge in [0.05, 0.1) is 12.9 Å². The van der Waals surface area contributed by atoms with Crippen LogP contribution in [0.2, 0.25) is 0 Å². The molecule has 3 heterocycles. The zero-order chi connectivity index (χ0) is 23.4. The van der Waals surface area contributed by atoms with E-state index in [1.165, 1.54) is 10.5 Å². The third-order valence-electron chi connectivity index (χ3n) is 5.80. The first-order valence-electron chi connectivity index (χ1n) is 10.8. The number of nitrogens with one attached hydrogen (secondary N) is 1. The molecule has 0 radical (unpaired) electrons. The van der Waals surface area contributed by atoms with Crippen molar-refractivity contribution in [3.05, 3.63) is 66.0 Å². The molecule has 1 aliphatic rings. The summed E-state index contributed by atoms with van der Waals surface area (Å²) < 4.78 is 39.7. The minimum absolute atomic E-state index is 0.0523. The van der Waals surface area contributed by atoms with Crippen LogP contribution in [-0.4, -0.2) is 41.3 Å². The fraction of sp³-hybridized carbons (Fsp3) is 0.391. The van der Waals surface area contributed by atoms with Gasteiger partial charge >= 0.3 is 0 Å². The van der Waals surface area contributed by atoms with Crippen LogP contribution in [0.25, 0.3) is 0 Å². The van der Waals surface area contributed by atoms with Gasteiger partial charge in [-0.15, -0.1) is 0 Å². The summed E-state index contributed by atoms with van der Waals surface area (Å²) in [5, 5.41) is 3.01. The molecule has 1 fully saturated rings. The molecule has 10 heteroatoms. The van der Waals surface area contributed by atoms with Gasteiger partial charge in [-0.3, -0.25) is 4.79 Å². The van der Waals surface area contributed by atoms with Crippen LogP contribution in [-0.2, 0) is 39.8 Å². The predicted molar refractivity (Wildman–Crippen MR) is 122 cm³/mol. The maximum Gasteiger partial charge on any atom is 0.262 e. The van der Waals surface area contributed by atoms with Gasteiger partial charge < -0.3 is 19.0 Å². The number of nitrogens with zero attached hydrogens (tertiary/aromatic N) is 3. The van der Waals surface area contributed by atoms with Gasteiger partial charge in [0.25, 0.3) is 10.0 Å². The van der Waals surface area contributed by atoms with Crippen molar-refractivity contribution in [3.63, 3.8) is 0 Å². The molecule has 3 aromatic rings. The largest absolute Gasteiger partial charge is 0.467 e. The Hall–Kier alpha value is -2.95. The molecule has 0 saturated carbocycles. The van der Waals surface area contributed by atoms with Crippen molar-refractivity contribution in [3.8, 4) is 0 Å². The van der Waals surface area contributed by atoms with E-state index in [9.17, 15) is 13.2 Å². The van der Waals surface area contributed by atoms with Crippen LogP contribution < -0.4 is 5.32 Å². The minimum atomic E-state index is -3.65. The molecule has 1 saturated heterocycles. The summed E-state index contributed by atoms with van der Waals surface area (Å²) in [6.45, 7) is 3.11. The quantitative estimate of drug-likeness (QED) is 0.540. The highest BCUT2D eigenvalue weighted by Gasteiger charge is 2.33. The lowest BCUT2D eigenvalue weighted by Gasteiger charge is -2.30. The predicted octanol–water partition coefficient (Wildman–Crippen LogP) is 3.08. The highest BCUT2D eigenvalue weighted by atomic mass is 32.2. The minimum Gasteiger partial charge on any atom is -0.467 e. The molecule has 0 unspecified atom stereocenters. The van der Waals surface area contributed by atoms with Gasteiger partial charge in [0.15, 0.2) is 5.03 Å². The molecule has 4 rings (SSSR count). The molecule has 2 aromatic heterocycles. The van der Waals surface area contributed by atoms with Crippen LogP contribution >= 0.6 is 0 Å². The summed E-state index contributed by atoms with van der Waals surface area (Å²) in [4.78, 5) is 16.9. The van der Waals surface area contributed by atoms with E-state index in [1.54, 1.807) is 24.8 Å². The van der Waals surface area contributed by atoms with Crippen molar-refractivity contribution >= 4 is 21.6 Å². The monoisotopic (exact) mass is 472 g/mol. The first-order valence-corrected chi connectivity index (χ1v) is 12.3. The number of ether oxygens (including phenoxy) is 1. The van der Waals surface area contributed by atoms with E-state index in [-0.39, 0.29) is 29.9 Å². The summed E-state index contributed by atoms with van der Waals surface area (Å²) in [7, 11) is -1.89. The number of hydrogen-bond acceptors (Lipinski definition) is 6.